The number of rotatable bonds is 8. The van der Waals surface area contributed by atoms with Crippen LogP contribution in [0.5, 0.6) is 0 Å². The summed E-state index contributed by atoms with van der Waals surface area (Å²) in [5.41, 5.74) is 0.884. The highest BCUT2D eigenvalue weighted by Gasteiger charge is 2.36. The van der Waals surface area contributed by atoms with Crippen LogP contribution in [-0.4, -0.2) is 36.6 Å². The first kappa shape index (κ1) is 18.7. The van der Waals surface area contributed by atoms with Gasteiger partial charge in [-0.3, -0.25) is 14.4 Å². The van der Waals surface area contributed by atoms with Gasteiger partial charge in [-0.2, -0.15) is 0 Å². The van der Waals surface area contributed by atoms with Crippen molar-refractivity contribution in [2.75, 3.05) is 13.7 Å². The SMILES string of the molecule is CCC(c1ccccc1)C(C(=O)O)C(C)C(=O)NCC(=O)OC. The summed E-state index contributed by atoms with van der Waals surface area (Å²) in [6.07, 6.45) is 0.593. The van der Waals surface area contributed by atoms with Gasteiger partial charge in [0.2, 0.25) is 5.91 Å². The van der Waals surface area contributed by atoms with E-state index in [1.165, 1.54) is 7.11 Å². The Balaban J connectivity index is 2.93. The molecule has 1 amide bonds. The van der Waals surface area contributed by atoms with E-state index in [0.29, 0.717) is 6.42 Å². The number of methoxy groups -OCH3 is 1. The topological polar surface area (TPSA) is 92.7 Å². The second kappa shape index (κ2) is 8.92. The number of benzene rings is 1. The zero-order chi connectivity index (χ0) is 17.4. The number of hydrogen-bond acceptors (Lipinski definition) is 4. The fourth-order valence-electron chi connectivity index (χ4n) is 2.69. The molecule has 23 heavy (non-hydrogen) atoms. The summed E-state index contributed by atoms with van der Waals surface area (Å²) in [7, 11) is 1.22. The summed E-state index contributed by atoms with van der Waals surface area (Å²) in [5.74, 6) is -4.01. The number of carboxylic acid groups (broad SMARTS) is 1. The van der Waals surface area contributed by atoms with E-state index in [2.05, 4.69) is 10.1 Å². The molecular weight excluding hydrogens is 298 g/mol. The van der Waals surface area contributed by atoms with Crippen LogP contribution in [-0.2, 0) is 19.1 Å². The Hall–Kier alpha value is -2.37. The molecule has 0 aliphatic rings. The number of carboxylic acids is 1. The molecule has 2 N–H and O–H groups in total. The first-order valence-corrected chi connectivity index (χ1v) is 7.54. The molecule has 1 aromatic carbocycles. The lowest BCUT2D eigenvalue weighted by atomic mass is 9.76. The summed E-state index contributed by atoms with van der Waals surface area (Å²) in [6, 6.07) is 9.28. The molecule has 0 radical (unpaired) electrons. The van der Waals surface area contributed by atoms with Crippen LogP contribution in [0.4, 0.5) is 0 Å². The zero-order valence-electron chi connectivity index (χ0n) is 13.6. The maximum atomic E-state index is 12.2. The van der Waals surface area contributed by atoms with E-state index in [-0.39, 0.29) is 12.5 Å². The Morgan fingerprint density at radius 2 is 1.83 bits per heavy atom. The standard InChI is InChI=1S/C17H23NO5/c1-4-13(12-8-6-5-7-9-12)15(17(21)22)11(2)16(20)18-10-14(19)23-3/h5-9,11,13,15H,4,10H2,1-3H3,(H,18,20)(H,21,22). The number of carbonyl (C=O) groups is 3. The number of amides is 1. The molecule has 1 aromatic rings. The molecule has 0 bridgehead atoms. The monoisotopic (exact) mass is 321 g/mol. The van der Waals surface area contributed by atoms with Crippen molar-refractivity contribution in [3.05, 3.63) is 35.9 Å². The third kappa shape index (κ3) is 5.09. The fraction of sp³-hybridized carbons (Fsp3) is 0.471. The summed E-state index contributed by atoms with van der Waals surface area (Å²) in [6.45, 7) is 3.19. The minimum atomic E-state index is -1.03. The van der Waals surface area contributed by atoms with Gasteiger partial charge in [0.25, 0.3) is 0 Å². The molecule has 0 spiro atoms. The summed E-state index contributed by atoms with van der Waals surface area (Å²) in [5, 5.41) is 12.0. The van der Waals surface area contributed by atoms with E-state index in [1.54, 1.807) is 6.92 Å². The fourth-order valence-corrected chi connectivity index (χ4v) is 2.69. The lowest BCUT2D eigenvalue weighted by molar-refractivity contribution is -0.148. The highest BCUT2D eigenvalue weighted by Crippen LogP contribution is 2.33. The van der Waals surface area contributed by atoms with Crippen molar-refractivity contribution >= 4 is 17.8 Å². The van der Waals surface area contributed by atoms with Crippen molar-refractivity contribution < 1.29 is 24.2 Å². The molecule has 0 aromatic heterocycles. The molecule has 0 aliphatic heterocycles. The third-order valence-corrected chi connectivity index (χ3v) is 3.97. The first-order chi connectivity index (χ1) is 10.9. The van der Waals surface area contributed by atoms with Crippen LogP contribution in [0.1, 0.15) is 31.7 Å². The lowest BCUT2D eigenvalue weighted by Gasteiger charge is -2.27. The van der Waals surface area contributed by atoms with E-state index in [4.69, 9.17) is 0 Å². The van der Waals surface area contributed by atoms with Gasteiger partial charge < -0.3 is 15.2 Å². The molecule has 0 heterocycles. The maximum absolute atomic E-state index is 12.2. The van der Waals surface area contributed by atoms with Crippen molar-refractivity contribution in [2.45, 2.75) is 26.2 Å². The minimum absolute atomic E-state index is 0.270. The normalized spacial score (nSPS) is 14.4. The molecule has 0 saturated carbocycles. The van der Waals surface area contributed by atoms with Gasteiger partial charge in [0.05, 0.1) is 13.0 Å². The number of nitrogens with one attached hydrogen (secondary N) is 1. The largest absolute Gasteiger partial charge is 0.481 e. The highest BCUT2D eigenvalue weighted by atomic mass is 16.5. The Labute approximate surface area is 135 Å². The average molecular weight is 321 g/mol. The molecule has 3 unspecified atom stereocenters. The Bertz CT molecular complexity index is 543. The van der Waals surface area contributed by atoms with E-state index in [1.807, 2.05) is 37.3 Å². The number of ether oxygens (including phenoxy) is 1. The molecule has 0 saturated heterocycles. The Morgan fingerprint density at radius 1 is 1.22 bits per heavy atom. The zero-order valence-corrected chi connectivity index (χ0v) is 13.6. The van der Waals surface area contributed by atoms with E-state index < -0.39 is 29.7 Å². The van der Waals surface area contributed by atoms with Gasteiger partial charge in [-0.25, -0.2) is 0 Å². The van der Waals surface area contributed by atoms with Crippen LogP contribution in [0.15, 0.2) is 30.3 Å². The van der Waals surface area contributed by atoms with Crippen LogP contribution in [0.25, 0.3) is 0 Å². The van der Waals surface area contributed by atoms with Crippen LogP contribution in [0.3, 0.4) is 0 Å². The van der Waals surface area contributed by atoms with Gasteiger partial charge in [-0.1, -0.05) is 44.2 Å². The van der Waals surface area contributed by atoms with Crippen LogP contribution in [0.2, 0.25) is 0 Å². The molecule has 0 fully saturated rings. The van der Waals surface area contributed by atoms with Crippen LogP contribution in [0, 0.1) is 11.8 Å². The number of carbonyl (C=O) groups excluding carboxylic acids is 2. The predicted octanol–water partition coefficient (Wildman–Crippen LogP) is 1.81. The molecule has 126 valence electrons. The molecule has 6 heteroatoms. The maximum Gasteiger partial charge on any atom is 0.325 e. The van der Waals surface area contributed by atoms with Gasteiger partial charge in [0.15, 0.2) is 0 Å². The second-order valence-corrected chi connectivity index (χ2v) is 5.37. The van der Waals surface area contributed by atoms with Crippen molar-refractivity contribution in [3.63, 3.8) is 0 Å². The molecular formula is C17H23NO5. The lowest BCUT2D eigenvalue weighted by Crippen LogP contribution is -2.41. The van der Waals surface area contributed by atoms with Crippen LogP contribution >= 0.6 is 0 Å². The predicted molar refractivity (Wildman–Crippen MR) is 84.8 cm³/mol. The minimum Gasteiger partial charge on any atom is -0.481 e. The smallest absolute Gasteiger partial charge is 0.325 e. The summed E-state index contributed by atoms with van der Waals surface area (Å²) < 4.78 is 4.46. The van der Waals surface area contributed by atoms with Crippen LogP contribution < -0.4 is 5.32 Å². The van der Waals surface area contributed by atoms with Gasteiger partial charge >= 0.3 is 11.9 Å². The van der Waals surface area contributed by atoms with Crippen molar-refractivity contribution in [3.8, 4) is 0 Å². The van der Waals surface area contributed by atoms with E-state index >= 15 is 0 Å². The van der Waals surface area contributed by atoms with Crippen molar-refractivity contribution in [2.24, 2.45) is 11.8 Å². The molecule has 3 atom stereocenters. The molecule has 1 rings (SSSR count). The van der Waals surface area contributed by atoms with Crippen molar-refractivity contribution in [1.29, 1.82) is 0 Å². The van der Waals surface area contributed by atoms with E-state index in [0.717, 1.165) is 5.56 Å². The summed E-state index contributed by atoms with van der Waals surface area (Å²) >= 11 is 0. The highest BCUT2D eigenvalue weighted by molar-refractivity contribution is 5.87. The molecule has 6 nitrogen and oxygen atoms in total. The van der Waals surface area contributed by atoms with Gasteiger partial charge in [-0.15, -0.1) is 0 Å². The van der Waals surface area contributed by atoms with Gasteiger partial charge in [0, 0.05) is 5.92 Å². The number of esters is 1. The Morgan fingerprint density at radius 3 is 2.30 bits per heavy atom. The van der Waals surface area contributed by atoms with Gasteiger partial charge in [-0.05, 0) is 17.9 Å². The summed E-state index contributed by atoms with van der Waals surface area (Å²) in [4.78, 5) is 35.0. The quantitative estimate of drug-likeness (QED) is 0.712. The Kier molecular flexibility index (Phi) is 7.25. The second-order valence-electron chi connectivity index (χ2n) is 5.37. The van der Waals surface area contributed by atoms with Gasteiger partial charge in [0.1, 0.15) is 6.54 Å². The number of hydrogen-bond donors (Lipinski definition) is 2. The average Bonchev–Trinajstić information content (AvgIpc) is 2.56. The third-order valence-electron chi connectivity index (χ3n) is 3.97. The number of aliphatic carboxylic acids is 1. The van der Waals surface area contributed by atoms with Crippen molar-refractivity contribution in [1.82, 2.24) is 5.32 Å². The molecule has 0 aliphatic carbocycles. The first-order valence-electron chi connectivity index (χ1n) is 7.54. The van der Waals surface area contributed by atoms with E-state index in [9.17, 15) is 19.5 Å².